The number of aryl methyl sites for hydroxylation is 2. The van der Waals surface area contributed by atoms with Gasteiger partial charge in [-0.2, -0.15) is 0 Å². The molecule has 0 heterocycles. The summed E-state index contributed by atoms with van der Waals surface area (Å²) in [6.07, 6.45) is 3.14. The Morgan fingerprint density at radius 1 is 0.625 bits per heavy atom. The molecule has 3 aromatic carbocycles. The van der Waals surface area contributed by atoms with E-state index >= 15 is 0 Å². The molecule has 0 atom stereocenters. The second-order valence-electron chi connectivity index (χ2n) is 5.79. The Hall–Kier alpha value is -1.96. The predicted octanol–water partition coefficient (Wildman–Crippen LogP) is 6.91. The predicted molar refractivity (Wildman–Crippen MR) is 105 cm³/mol. The molecule has 24 heavy (non-hydrogen) atoms. The van der Waals surface area contributed by atoms with Crippen LogP contribution in [0.25, 0.3) is 0 Å². The number of hydrogen-bond acceptors (Lipinski definition) is 1. The van der Waals surface area contributed by atoms with E-state index in [4.69, 9.17) is 23.2 Å². The molecule has 1 nitrogen and oxygen atoms in total. The number of rotatable bonds is 6. The molecule has 0 unspecified atom stereocenters. The van der Waals surface area contributed by atoms with Gasteiger partial charge >= 0.3 is 0 Å². The molecule has 0 bridgehead atoms. The van der Waals surface area contributed by atoms with E-state index in [0.29, 0.717) is 10.0 Å². The van der Waals surface area contributed by atoms with Gasteiger partial charge in [0.2, 0.25) is 0 Å². The zero-order valence-corrected chi connectivity index (χ0v) is 14.8. The maximum Gasteiger partial charge on any atom is 0.0595 e. The molecule has 1 N–H and O–H groups in total. The SMILES string of the molecule is Clc1ccc(CCCc2ccc(Nc3ccccc3)cc2)cc1Cl. The third-order valence-electron chi connectivity index (χ3n) is 3.93. The van der Waals surface area contributed by atoms with Crippen LogP contribution in [0.1, 0.15) is 17.5 Å². The third-order valence-corrected chi connectivity index (χ3v) is 4.67. The van der Waals surface area contributed by atoms with Crippen molar-refractivity contribution in [1.29, 1.82) is 0 Å². The van der Waals surface area contributed by atoms with Crippen LogP contribution in [-0.2, 0) is 12.8 Å². The van der Waals surface area contributed by atoms with Crippen LogP contribution in [0.4, 0.5) is 11.4 Å². The van der Waals surface area contributed by atoms with Crippen molar-refractivity contribution in [2.45, 2.75) is 19.3 Å². The molecule has 0 aliphatic heterocycles. The molecule has 3 rings (SSSR count). The lowest BCUT2D eigenvalue weighted by Crippen LogP contribution is -1.92. The average molecular weight is 356 g/mol. The quantitative estimate of drug-likeness (QED) is 0.506. The van der Waals surface area contributed by atoms with Crippen LogP contribution in [0.15, 0.2) is 72.8 Å². The first-order valence-electron chi connectivity index (χ1n) is 8.06. The molecular formula is C21H19Cl2N. The first-order valence-corrected chi connectivity index (χ1v) is 8.81. The van der Waals surface area contributed by atoms with Crippen LogP contribution in [0.3, 0.4) is 0 Å². The standard InChI is InChI=1S/C21H19Cl2N/c22-20-14-11-17(15-21(20)23)6-4-5-16-9-12-19(13-10-16)24-18-7-2-1-3-8-18/h1-3,7-15,24H,4-6H2. The number of hydrogen-bond donors (Lipinski definition) is 1. The van der Waals surface area contributed by atoms with E-state index in [1.165, 1.54) is 11.1 Å². The minimum atomic E-state index is 0.613. The molecule has 0 saturated carbocycles. The summed E-state index contributed by atoms with van der Waals surface area (Å²) in [4.78, 5) is 0. The smallest absolute Gasteiger partial charge is 0.0595 e. The van der Waals surface area contributed by atoms with Gasteiger partial charge in [0.15, 0.2) is 0 Å². The molecule has 3 aromatic rings. The first-order chi connectivity index (χ1) is 11.7. The average Bonchev–Trinajstić information content (AvgIpc) is 2.60. The lowest BCUT2D eigenvalue weighted by molar-refractivity contribution is 0.821. The zero-order valence-electron chi connectivity index (χ0n) is 13.3. The highest BCUT2D eigenvalue weighted by molar-refractivity contribution is 6.42. The Bertz CT molecular complexity index is 783. The maximum absolute atomic E-state index is 6.05. The molecule has 0 aliphatic rings. The van der Waals surface area contributed by atoms with Crippen molar-refractivity contribution in [2.75, 3.05) is 5.32 Å². The molecule has 0 saturated heterocycles. The summed E-state index contributed by atoms with van der Waals surface area (Å²) < 4.78 is 0. The van der Waals surface area contributed by atoms with Crippen molar-refractivity contribution in [1.82, 2.24) is 0 Å². The Kier molecular flexibility index (Phi) is 5.79. The topological polar surface area (TPSA) is 12.0 Å². The van der Waals surface area contributed by atoms with Gasteiger partial charge < -0.3 is 5.32 Å². The molecule has 0 amide bonds. The summed E-state index contributed by atoms with van der Waals surface area (Å²) in [6, 6.07) is 24.7. The van der Waals surface area contributed by atoms with Crippen LogP contribution < -0.4 is 5.32 Å². The minimum Gasteiger partial charge on any atom is -0.356 e. The molecule has 0 aromatic heterocycles. The molecule has 3 heteroatoms. The number of para-hydroxylation sites is 1. The minimum absolute atomic E-state index is 0.613. The molecule has 0 fully saturated rings. The summed E-state index contributed by atoms with van der Waals surface area (Å²) in [6.45, 7) is 0. The summed E-state index contributed by atoms with van der Waals surface area (Å²) in [7, 11) is 0. The molecule has 122 valence electrons. The lowest BCUT2D eigenvalue weighted by atomic mass is 10.0. The van der Waals surface area contributed by atoms with Gasteiger partial charge in [-0.3, -0.25) is 0 Å². The lowest BCUT2D eigenvalue weighted by Gasteiger charge is -2.08. The van der Waals surface area contributed by atoms with E-state index in [0.717, 1.165) is 30.6 Å². The van der Waals surface area contributed by atoms with Gasteiger partial charge in [-0.25, -0.2) is 0 Å². The highest BCUT2D eigenvalue weighted by Crippen LogP contribution is 2.23. The Labute approximate surface area is 153 Å². The Balaban J connectivity index is 1.51. The zero-order chi connectivity index (χ0) is 16.8. The van der Waals surface area contributed by atoms with Crippen molar-refractivity contribution >= 4 is 34.6 Å². The van der Waals surface area contributed by atoms with Crippen LogP contribution >= 0.6 is 23.2 Å². The van der Waals surface area contributed by atoms with E-state index in [9.17, 15) is 0 Å². The number of benzene rings is 3. The second-order valence-corrected chi connectivity index (χ2v) is 6.60. The van der Waals surface area contributed by atoms with Crippen molar-refractivity contribution in [3.05, 3.63) is 94.0 Å². The highest BCUT2D eigenvalue weighted by atomic mass is 35.5. The van der Waals surface area contributed by atoms with Gasteiger partial charge in [0.05, 0.1) is 10.0 Å². The monoisotopic (exact) mass is 355 g/mol. The van der Waals surface area contributed by atoms with Gasteiger partial charge in [-0.1, -0.05) is 59.6 Å². The maximum atomic E-state index is 6.05. The fraction of sp³-hybridized carbons (Fsp3) is 0.143. The van der Waals surface area contributed by atoms with E-state index in [1.54, 1.807) is 0 Å². The molecular weight excluding hydrogens is 337 g/mol. The largest absolute Gasteiger partial charge is 0.356 e. The van der Waals surface area contributed by atoms with Gasteiger partial charge in [-0.15, -0.1) is 0 Å². The highest BCUT2D eigenvalue weighted by Gasteiger charge is 2.01. The molecule has 0 aliphatic carbocycles. The summed E-state index contributed by atoms with van der Waals surface area (Å²) in [5.74, 6) is 0. The van der Waals surface area contributed by atoms with E-state index < -0.39 is 0 Å². The van der Waals surface area contributed by atoms with Crippen molar-refractivity contribution in [3.63, 3.8) is 0 Å². The van der Waals surface area contributed by atoms with Crippen LogP contribution in [0, 0.1) is 0 Å². The van der Waals surface area contributed by atoms with Gasteiger partial charge in [0, 0.05) is 11.4 Å². The van der Waals surface area contributed by atoms with E-state index in [-0.39, 0.29) is 0 Å². The summed E-state index contributed by atoms with van der Waals surface area (Å²) in [5.41, 5.74) is 4.78. The Morgan fingerprint density at radius 2 is 1.25 bits per heavy atom. The van der Waals surface area contributed by atoms with Crippen LogP contribution in [0.5, 0.6) is 0 Å². The van der Waals surface area contributed by atoms with Gasteiger partial charge in [-0.05, 0) is 66.8 Å². The number of halogens is 2. The van der Waals surface area contributed by atoms with Gasteiger partial charge in [0.1, 0.15) is 0 Å². The van der Waals surface area contributed by atoms with Crippen molar-refractivity contribution in [2.24, 2.45) is 0 Å². The first kappa shape index (κ1) is 16.9. The second kappa shape index (κ2) is 8.23. The summed E-state index contributed by atoms with van der Waals surface area (Å²) >= 11 is 12.0. The fourth-order valence-corrected chi connectivity index (χ4v) is 2.96. The number of anilines is 2. The van der Waals surface area contributed by atoms with E-state index in [1.807, 2.05) is 36.4 Å². The van der Waals surface area contributed by atoms with Crippen LogP contribution in [-0.4, -0.2) is 0 Å². The van der Waals surface area contributed by atoms with Crippen molar-refractivity contribution in [3.8, 4) is 0 Å². The normalized spacial score (nSPS) is 10.6. The van der Waals surface area contributed by atoms with Gasteiger partial charge in [0.25, 0.3) is 0 Å². The summed E-state index contributed by atoms with van der Waals surface area (Å²) in [5, 5.41) is 4.64. The Morgan fingerprint density at radius 3 is 1.96 bits per heavy atom. The van der Waals surface area contributed by atoms with Crippen molar-refractivity contribution < 1.29 is 0 Å². The third kappa shape index (κ3) is 4.77. The molecule has 0 spiro atoms. The van der Waals surface area contributed by atoms with Crippen LogP contribution in [0.2, 0.25) is 10.0 Å². The van der Waals surface area contributed by atoms with E-state index in [2.05, 4.69) is 41.7 Å². The molecule has 0 radical (unpaired) electrons. The fourth-order valence-electron chi connectivity index (χ4n) is 2.63. The number of nitrogens with one attached hydrogen (secondary N) is 1.